The molecule has 2 N–H and O–H groups in total. The Morgan fingerprint density at radius 2 is 1.90 bits per heavy atom. The molecule has 0 aliphatic heterocycles. The van der Waals surface area contributed by atoms with Gasteiger partial charge in [0.2, 0.25) is 0 Å². The SMILES string of the molecule is CCOC(=O)CN(C)C(=O)c1cc(OC)cc(OC)c1N. The van der Waals surface area contributed by atoms with E-state index in [0.717, 1.165) is 0 Å². The van der Waals surface area contributed by atoms with Crippen molar-refractivity contribution in [3.63, 3.8) is 0 Å². The van der Waals surface area contributed by atoms with Gasteiger partial charge in [0, 0.05) is 13.1 Å². The van der Waals surface area contributed by atoms with E-state index < -0.39 is 11.9 Å². The fourth-order valence-electron chi connectivity index (χ4n) is 1.74. The number of nitrogen functional groups attached to an aromatic ring is 1. The normalized spacial score (nSPS) is 9.90. The van der Waals surface area contributed by atoms with Crippen molar-refractivity contribution in [1.29, 1.82) is 0 Å². The maximum Gasteiger partial charge on any atom is 0.325 e. The Labute approximate surface area is 123 Å². The summed E-state index contributed by atoms with van der Waals surface area (Å²) >= 11 is 0. The molecular formula is C14H20N2O5. The molecule has 7 nitrogen and oxygen atoms in total. The number of likely N-dealkylation sites (N-methyl/N-ethyl adjacent to an activating group) is 1. The van der Waals surface area contributed by atoms with E-state index in [1.807, 2.05) is 0 Å². The molecule has 0 heterocycles. The van der Waals surface area contributed by atoms with Crippen LogP contribution in [0.5, 0.6) is 11.5 Å². The molecule has 1 amide bonds. The van der Waals surface area contributed by atoms with Crippen LogP contribution in [0, 0.1) is 0 Å². The fraction of sp³-hybridized carbons (Fsp3) is 0.429. The summed E-state index contributed by atoms with van der Waals surface area (Å²) in [7, 11) is 4.41. The first-order chi connectivity index (χ1) is 9.94. The lowest BCUT2D eigenvalue weighted by Crippen LogP contribution is -2.33. The number of rotatable bonds is 6. The van der Waals surface area contributed by atoms with Crippen molar-refractivity contribution in [2.75, 3.05) is 40.2 Å². The Balaban J connectivity index is 3.03. The molecule has 0 spiro atoms. The monoisotopic (exact) mass is 296 g/mol. The van der Waals surface area contributed by atoms with Gasteiger partial charge in [-0.1, -0.05) is 0 Å². The van der Waals surface area contributed by atoms with Crippen LogP contribution < -0.4 is 15.2 Å². The van der Waals surface area contributed by atoms with Gasteiger partial charge in [-0.25, -0.2) is 0 Å². The van der Waals surface area contributed by atoms with E-state index in [0.29, 0.717) is 11.5 Å². The van der Waals surface area contributed by atoms with Crippen molar-refractivity contribution >= 4 is 17.6 Å². The fourth-order valence-corrected chi connectivity index (χ4v) is 1.74. The number of carbonyl (C=O) groups excluding carboxylic acids is 2. The molecule has 0 saturated heterocycles. The molecule has 21 heavy (non-hydrogen) atoms. The van der Waals surface area contributed by atoms with Gasteiger partial charge in [0.15, 0.2) is 0 Å². The molecule has 0 aromatic heterocycles. The highest BCUT2D eigenvalue weighted by Crippen LogP contribution is 2.31. The average Bonchev–Trinajstić information content (AvgIpc) is 2.46. The third kappa shape index (κ3) is 4.01. The number of ether oxygens (including phenoxy) is 3. The van der Waals surface area contributed by atoms with Crippen molar-refractivity contribution in [2.45, 2.75) is 6.92 Å². The number of nitrogens with two attached hydrogens (primary N) is 1. The van der Waals surface area contributed by atoms with E-state index in [2.05, 4.69) is 0 Å². The van der Waals surface area contributed by atoms with Gasteiger partial charge in [0.1, 0.15) is 18.0 Å². The number of hydrogen-bond acceptors (Lipinski definition) is 6. The second-order valence-corrected chi connectivity index (χ2v) is 4.26. The minimum atomic E-state index is -0.484. The molecule has 1 rings (SSSR count). The van der Waals surface area contributed by atoms with Crippen molar-refractivity contribution in [3.05, 3.63) is 17.7 Å². The van der Waals surface area contributed by atoms with Gasteiger partial charge in [0.05, 0.1) is 32.1 Å². The molecular weight excluding hydrogens is 276 g/mol. The first kappa shape index (κ1) is 16.6. The molecule has 0 unspecified atom stereocenters. The summed E-state index contributed by atoms with van der Waals surface area (Å²) in [5.41, 5.74) is 6.30. The van der Waals surface area contributed by atoms with E-state index in [-0.39, 0.29) is 24.4 Å². The molecule has 1 aromatic rings. The quantitative estimate of drug-likeness (QED) is 0.620. The highest BCUT2D eigenvalue weighted by molar-refractivity contribution is 6.01. The van der Waals surface area contributed by atoms with Crippen LogP contribution in [0.4, 0.5) is 5.69 Å². The molecule has 0 aliphatic rings. The Bertz CT molecular complexity index is 530. The predicted molar refractivity (Wildman–Crippen MR) is 77.6 cm³/mol. The molecule has 116 valence electrons. The zero-order valence-electron chi connectivity index (χ0n) is 12.6. The van der Waals surface area contributed by atoms with Crippen molar-refractivity contribution in [3.8, 4) is 11.5 Å². The zero-order valence-corrected chi connectivity index (χ0v) is 12.6. The summed E-state index contributed by atoms with van der Waals surface area (Å²) in [6.45, 7) is 1.80. The highest BCUT2D eigenvalue weighted by atomic mass is 16.5. The third-order valence-corrected chi connectivity index (χ3v) is 2.82. The molecule has 1 aromatic carbocycles. The summed E-state index contributed by atoms with van der Waals surface area (Å²) < 4.78 is 15.0. The van der Waals surface area contributed by atoms with E-state index in [1.165, 1.54) is 32.2 Å². The lowest BCUT2D eigenvalue weighted by atomic mass is 10.1. The number of nitrogens with zero attached hydrogens (tertiary/aromatic N) is 1. The number of benzene rings is 1. The van der Waals surface area contributed by atoms with Crippen LogP contribution in [0.2, 0.25) is 0 Å². The van der Waals surface area contributed by atoms with Gasteiger partial charge >= 0.3 is 5.97 Å². The number of methoxy groups -OCH3 is 2. The van der Waals surface area contributed by atoms with E-state index in [9.17, 15) is 9.59 Å². The van der Waals surface area contributed by atoms with Crippen LogP contribution in [0.3, 0.4) is 0 Å². The molecule has 0 fully saturated rings. The summed E-state index contributed by atoms with van der Waals surface area (Å²) in [6, 6.07) is 3.08. The Morgan fingerprint density at radius 3 is 2.43 bits per heavy atom. The molecule has 0 radical (unpaired) electrons. The maximum absolute atomic E-state index is 12.4. The molecule has 0 bridgehead atoms. The second-order valence-electron chi connectivity index (χ2n) is 4.26. The van der Waals surface area contributed by atoms with Crippen LogP contribution >= 0.6 is 0 Å². The minimum Gasteiger partial charge on any atom is -0.497 e. The zero-order chi connectivity index (χ0) is 16.0. The highest BCUT2D eigenvalue weighted by Gasteiger charge is 2.21. The van der Waals surface area contributed by atoms with Gasteiger partial charge in [-0.3, -0.25) is 9.59 Å². The van der Waals surface area contributed by atoms with E-state index >= 15 is 0 Å². The first-order valence-corrected chi connectivity index (χ1v) is 6.37. The van der Waals surface area contributed by atoms with Crippen LogP contribution in [0.1, 0.15) is 17.3 Å². The molecule has 0 atom stereocenters. The van der Waals surface area contributed by atoms with Gasteiger partial charge in [-0.15, -0.1) is 0 Å². The third-order valence-electron chi connectivity index (χ3n) is 2.82. The number of hydrogen-bond donors (Lipinski definition) is 1. The van der Waals surface area contributed by atoms with Gasteiger partial charge in [0.25, 0.3) is 5.91 Å². The number of esters is 1. The van der Waals surface area contributed by atoms with E-state index in [1.54, 1.807) is 13.0 Å². The Hall–Kier alpha value is -2.44. The molecule has 0 aliphatic carbocycles. The van der Waals surface area contributed by atoms with Crippen molar-refractivity contribution in [1.82, 2.24) is 4.90 Å². The lowest BCUT2D eigenvalue weighted by Gasteiger charge is -2.18. The summed E-state index contributed by atoms with van der Waals surface area (Å²) in [4.78, 5) is 25.0. The van der Waals surface area contributed by atoms with Gasteiger partial charge in [-0.2, -0.15) is 0 Å². The Morgan fingerprint density at radius 1 is 1.24 bits per heavy atom. The number of carbonyl (C=O) groups is 2. The van der Waals surface area contributed by atoms with Crippen molar-refractivity contribution < 1.29 is 23.8 Å². The minimum absolute atomic E-state index is 0.161. The van der Waals surface area contributed by atoms with Gasteiger partial charge in [-0.05, 0) is 13.0 Å². The standard InChI is InChI=1S/C14H20N2O5/c1-5-21-12(17)8-16(2)14(18)10-6-9(19-3)7-11(20-4)13(10)15/h6-7H,5,8,15H2,1-4H3. The van der Waals surface area contributed by atoms with Crippen LogP contribution in [0.15, 0.2) is 12.1 Å². The van der Waals surface area contributed by atoms with E-state index in [4.69, 9.17) is 19.9 Å². The summed E-state index contributed by atoms with van der Waals surface area (Å²) in [5.74, 6) is -0.129. The second kappa shape index (κ2) is 7.37. The smallest absolute Gasteiger partial charge is 0.325 e. The van der Waals surface area contributed by atoms with Gasteiger partial charge < -0.3 is 24.8 Å². The van der Waals surface area contributed by atoms with Crippen LogP contribution in [-0.4, -0.2) is 51.2 Å². The summed E-state index contributed by atoms with van der Waals surface area (Å²) in [5, 5.41) is 0. The number of anilines is 1. The number of amides is 1. The summed E-state index contributed by atoms with van der Waals surface area (Å²) in [6.07, 6.45) is 0. The predicted octanol–water partition coefficient (Wildman–Crippen LogP) is 0.921. The molecule has 0 saturated carbocycles. The average molecular weight is 296 g/mol. The largest absolute Gasteiger partial charge is 0.497 e. The van der Waals surface area contributed by atoms with Crippen LogP contribution in [-0.2, 0) is 9.53 Å². The topological polar surface area (TPSA) is 91.1 Å². The maximum atomic E-state index is 12.4. The van der Waals surface area contributed by atoms with Crippen molar-refractivity contribution in [2.24, 2.45) is 0 Å². The van der Waals surface area contributed by atoms with Crippen LogP contribution in [0.25, 0.3) is 0 Å². The first-order valence-electron chi connectivity index (χ1n) is 6.37. The molecule has 7 heteroatoms. The lowest BCUT2D eigenvalue weighted by molar-refractivity contribution is -0.143. The Kier molecular flexibility index (Phi) is 5.83.